The van der Waals surface area contributed by atoms with Crippen molar-refractivity contribution < 1.29 is 23.8 Å². The average Bonchev–Trinajstić information content (AvgIpc) is 2.50. The molecule has 0 amide bonds. The molecule has 0 bridgehead atoms. The molecule has 21 heavy (non-hydrogen) atoms. The molecule has 1 aromatic carbocycles. The summed E-state index contributed by atoms with van der Waals surface area (Å²) < 4.78 is 15.1. The van der Waals surface area contributed by atoms with Crippen LogP contribution >= 0.6 is 0 Å². The lowest BCUT2D eigenvalue weighted by Crippen LogP contribution is -2.28. The standard InChI is InChI=1S/C15H19O5Si/c1-6-13(21(4)5)20-10-7-8-11(14(16)18-2)12(9-10)15(17)19-3/h6-9,13H,1H2,2-5H3. The van der Waals surface area contributed by atoms with Crippen molar-refractivity contribution in [2.75, 3.05) is 14.2 Å². The first-order chi connectivity index (χ1) is 9.94. The van der Waals surface area contributed by atoms with Crippen LogP contribution in [-0.4, -0.2) is 40.7 Å². The van der Waals surface area contributed by atoms with E-state index < -0.39 is 20.7 Å². The molecule has 0 aromatic heterocycles. The van der Waals surface area contributed by atoms with Gasteiger partial charge in [0.05, 0.1) is 34.1 Å². The predicted molar refractivity (Wildman–Crippen MR) is 81.2 cm³/mol. The van der Waals surface area contributed by atoms with Crippen LogP contribution in [0.1, 0.15) is 20.7 Å². The van der Waals surface area contributed by atoms with E-state index in [1.807, 2.05) is 0 Å². The highest BCUT2D eigenvalue weighted by Gasteiger charge is 2.20. The van der Waals surface area contributed by atoms with Crippen molar-refractivity contribution in [3.8, 4) is 5.75 Å². The Labute approximate surface area is 126 Å². The molecular weight excluding hydrogens is 288 g/mol. The number of methoxy groups -OCH3 is 2. The number of rotatable bonds is 6. The third-order valence-electron chi connectivity index (χ3n) is 2.85. The van der Waals surface area contributed by atoms with E-state index in [1.54, 1.807) is 12.1 Å². The van der Waals surface area contributed by atoms with E-state index in [0.29, 0.717) is 5.75 Å². The van der Waals surface area contributed by atoms with Gasteiger partial charge in [0, 0.05) is 0 Å². The maximum Gasteiger partial charge on any atom is 0.338 e. The SMILES string of the molecule is C=CC(Oc1ccc(C(=O)OC)c(C(=O)OC)c1)[Si](C)C. The summed E-state index contributed by atoms with van der Waals surface area (Å²) in [6.45, 7) is 7.94. The van der Waals surface area contributed by atoms with Gasteiger partial charge in [-0.05, 0) is 18.2 Å². The molecule has 0 saturated heterocycles. The van der Waals surface area contributed by atoms with Gasteiger partial charge in [0.15, 0.2) is 0 Å². The van der Waals surface area contributed by atoms with Gasteiger partial charge < -0.3 is 14.2 Å². The molecule has 1 aromatic rings. The van der Waals surface area contributed by atoms with E-state index in [0.717, 1.165) is 0 Å². The second-order valence-corrected chi connectivity index (χ2v) is 7.27. The third-order valence-corrected chi connectivity index (χ3v) is 4.34. The zero-order valence-corrected chi connectivity index (χ0v) is 13.6. The molecule has 0 N–H and O–H groups in total. The van der Waals surface area contributed by atoms with Crippen LogP contribution in [0.3, 0.4) is 0 Å². The Morgan fingerprint density at radius 3 is 2.19 bits per heavy atom. The molecule has 1 unspecified atom stereocenters. The maximum absolute atomic E-state index is 11.8. The van der Waals surface area contributed by atoms with E-state index >= 15 is 0 Å². The van der Waals surface area contributed by atoms with E-state index in [-0.39, 0.29) is 16.9 Å². The Balaban J connectivity index is 3.18. The first kappa shape index (κ1) is 17.0. The van der Waals surface area contributed by atoms with Crippen LogP contribution in [0.25, 0.3) is 0 Å². The first-order valence-corrected chi connectivity index (χ1v) is 8.92. The van der Waals surface area contributed by atoms with Gasteiger partial charge in [-0.25, -0.2) is 9.59 Å². The van der Waals surface area contributed by atoms with Crippen molar-refractivity contribution in [1.29, 1.82) is 0 Å². The summed E-state index contributed by atoms with van der Waals surface area (Å²) in [5, 5.41) is 0. The van der Waals surface area contributed by atoms with Crippen molar-refractivity contribution in [2.24, 2.45) is 0 Å². The minimum absolute atomic E-state index is 0.0931. The number of esters is 2. The zero-order valence-electron chi connectivity index (χ0n) is 12.6. The van der Waals surface area contributed by atoms with E-state index in [9.17, 15) is 9.59 Å². The first-order valence-electron chi connectivity index (χ1n) is 6.34. The summed E-state index contributed by atoms with van der Waals surface area (Å²) in [7, 11) is 1.77. The number of hydrogen-bond acceptors (Lipinski definition) is 5. The Morgan fingerprint density at radius 1 is 1.14 bits per heavy atom. The molecule has 1 atom stereocenters. The van der Waals surface area contributed by atoms with Crippen LogP contribution in [0.2, 0.25) is 13.1 Å². The molecule has 5 nitrogen and oxygen atoms in total. The highest BCUT2D eigenvalue weighted by Crippen LogP contribution is 2.21. The van der Waals surface area contributed by atoms with Crippen LogP contribution < -0.4 is 4.74 Å². The minimum Gasteiger partial charge on any atom is -0.490 e. The number of carbonyl (C=O) groups is 2. The normalized spacial score (nSPS) is 11.7. The predicted octanol–water partition coefficient (Wildman–Crippen LogP) is 2.49. The molecule has 113 valence electrons. The smallest absolute Gasteiger partial charge is 0.338 e. The Hall–Kier alpha value is -2.08. The minimum atomic E-state index is -0.738. The summed E-state index contributed by atoms with van der Waals surface area (Å²) >= 11 is 0. The molecule has 6 heteroatoms. The molecule has 0 heterocycles. The second-order valence-electron chi connectivity index (χ2n) is 4.54. The molecule has 0 aliphatic carbocycles. The van der Waals surface area contributed by atoms with Gasteiger partial charge in [0.1, 0.15) is 11.5 Å². The quantitative estimate of drug-likeness (QED) is 0.459. The van der Waals surface area contributed by atoms with Crippen molar-refractivity contribution >= 4 is 20.7 Å². The molecular formula is C15H19O5Si. The van der Waals surface area contributed by atoms with Crippen LogP contribution in [0.15, 0.2) is 30.9 Å². The fourth-order valence-corrected chi connectivity index (χ4v) is 2.55. The molecule has 0 spiro atoms. The Kier molecular flexibility index (Phi) is 6.17. The molecule has 0 saturated carbocycles. The summed E-state index contributed by atoms with van der Waals surface area (Å²) in [5.41, 5.74) is 0.167. The van der Waals surface area contributed by atoms with Gasteiger partial charge in [-0.1, -0.05) is 25.7 Å². The Morgan fingerprint density at radius 2 is 1.71 bits per heavy atom. The highest BCUT2D eigenvalue weighted by atomic mass is 28.3. The summed E-state index contributed by atoms with van der Waals surface area (Å²) in [4.78, 5) is 23.5. The van der Waals surface area contributed by atoms with Crippen LogP contribution in [0.4, 0.5) is 0 Å². The van der Waals surface area contributed by atoms with Crippen molar-refractivity contribution in [3.05, 3.63) is 42.0 Å². The van der Waals surface area contributed by atoms with Gasteiger partial charge in [-0.2, -0.15) is 0 Å². The lowest BCUT2D eigenvalue weighted by atomic mass is 10.1. The number of carbonyl (C=O) groups excluding carboxylic acids is 2. The summed E-state index contributed by atoms with van der Waals surface area (Å²) in [6.07, 6.45) is 1.74. The van der Waals surface area contributed by atoms with Gasteiger partial charge in [0.25, 0.3) is 0 Å². The fraction of sp³-hybridized carbons (Fsp3) is 0.333. The van der Waals surface area contributed by atoms with Gasteiger partial charge in [-0.3, -0.25) is 0 Å². The largest absolute Gasteiger partial charge is 0.490 e. The lowest BCUT2D eigenvalue weighted by molar-refractivity contribution is 0.0555. The van der Waals surface area contributed by atoms with E-state index in [2.05, 4.69) is 29.1 Å². The topological polar surface area (TPSA) is 61.8 Å². The highest BCUT2D eigenvalue weighted by molar-refractivity contribution is 6.57. The molecule has 0 aliphatic rings. The maximum atomic E-state index is 11.8. The van der Waals surface area contributed by atoms with E-state index in [4.69, 9.17) is 4.74 Å². The van der Waals surface area contributed by atoms with Crippen molar-refractivity contribution in [3.63, 3.8) is 0 Å². The number of hydrogen-bond donors (Lipinski definition) is 0. The summed E-state index contributed by atoms with van der Waals surface area (Å²) in [5.74, 6) is -0.730. The monoisotopic (exact) mass is 307 g/mol. The third kappa shape index (κ3) is 4.19. The lowest BCUT2D eigenvalue weighted by Gasteiger charge is -2.18. The zero-order chi connectivity index (χ0) is 16.0. The molecule has 1 radical (unpaired) electrons. The molecule has 1 rings (SSSR count). The van der Waals surface area contributed by atoms with Crippen LogP contribution in [0.5, 0.6) is 5.75 Å². The van der Waals surface area contributed by atoms with Gasteiger partial charge >= 0.3 is 11.9 Å². The van der Waals surface area contributed by atoms with Crippen LogP contribution in [-0.2, 0) is 9.47 Å². The van der Waals surface area contributed by atoms with Crippen LogP contribution in [0, 0.1) is 0 Å². The van der Waals surface area contributed by atoms with Gasteiger partial charge in [0.2, 0.25) is 0 Å². The van der Waals surface area contributed by atoms with Crippen molar-refractivity contribution in [2.45, 2.75) is 18.8 Å². The van der Waals surface area contributed by atoms with E-state index in [1.165, 1.54) is 26.4 Å². The molecule has 0 fully saturated rings. The summed E-state index contributed by atoms with van der Waals surface area (Å²) in [6, 6.07) is 4.60. The molecule has 0 aliphatic heterocycles. The second kappa shape index (κ2) is 7.63. The number of ether oxygens (including phenoxy) is 3. The van der Waals surface area contributed by atoms with Gasteiger partial charge in [-0.15, -0.1) is 0 Å². The Bertz CT molecular complexity index is 539. The fourth-order valence-electron chi connectivity index (χ4n) is 1.71. The van der Waals surface area contributed by atoms with Crippen molar-refractivity contribution in [1.82, 2.24) is 0 Å². The average molecular weight is 307 g/mol. The number of benzene rings is 1.